The van der Waals surface area contributed by atoms with Gasteiger partial charge in [-0.1, -0.05) is 5.21 Å². The molecule has 2 atom stereocenters. The van der Waals surface area contributed by atoms with E-state index in [0.29, 0.717) is 5.69 Å². The van der Waals surface area contributed by atoms with Crippen LogP contribution in [0.25, 0.3) is 0 Å². The van der Waals surface area contributed by atoms with Gasteiger partial charge in [0.25, 0.3) is 0 Å². The number of carboxylic acid groups (broad SMARTS) is 2. The van der Waals surface area contributed by atoms with Crippen molar-refractivity contribution in [3.8, 4) is 0 Å². The second kappa shape index (κ2) is 6.78. The summed E-state index contributed by atoms with van der Waals surface area (Å²) in [7, 11) is 0. The second-order valence-corrected chi connectivity index (χ2v) is 4.08. The van der Waals surface area contributed by atoms with Gasteiger partial charge in [0.05, 0.1) is 18.2 Å². The molecule has 0 saturated carbocycles. The smallest absolute Gasteiger partial charge is 0.320 e. The molecular weight excluding hydrogens is 259 g/mol. The first-order valence-corrected chi connectivity index (χ1v) is 5.60. The van der Waals surface area contributed by atoms with Crippen molar-refractivity contribution in [2.24, 2.45) is 11.7 Å². The van der Waals surface area contributed by atoms with Crippen LogP contribution in [0.15, 0.2) is 6.20 Å². The van der Waals surface area contributed by atoms with Crippen LogP contribution < -0.4 is 5.73 Å². The minimum absolute atomic E-state index is 0.00258. The molecule has 0 amide bonds. The topological polar surface area (TPSA) is 131 Å². The average Bonchev–Trinajstić information content (AvgIpc) is 2.76. The highest BCUT2D eigenvalue weighted by molar-refractivity contribution is 5.75. The SMILES string of the molecule is N[C@@H](C[C@H](Cc1cn(CCF)nn1)C(=O)O)C(=O)O. The van der Waals surface area contributed by atoms with Gasteiger partial charge in [-0.2, -0.15) is 0 Å². The van der Waals surface area contributed by atoms with Crippen molar-refractivity contribution in [1.82, 2.24) is 15.0 Å². The van der Waals surface area contributed by atoms with Gasteiger partial charge in [-0.25, -0.2) is 9.07 Å². The highest BCUT2D eigenvalue weighted by atomic mass is 19.1. The summed E-state index contributed by atoms with van der Waals surface area (Å²) in [5.74, 6) is -3.38. The van der Waals surface area contributed by atoms with Crippen molar-refractivity contribution in [2.45, 2.75) is 25.4 Å². The van der Waals surface area contributed by atoms with Gasteiger partial charge in [0.15, 0.2) is 0 Å². The van der Waals surface area contributed by atoms with Crippen LogP contribution >= 0.6 is 0 Å². The molecule has 0 radical (unpaired) electrons. The van der Waals surface area contributed by atoms with E-state index in [0.717, 1.165) is 0 Å². The summed E-state index contributed by atoms with van der Waals surface area (Å²) in [4.78, 5) is 21.6. The maximum Gasteiger partial charge on any atom is 0.320 e. The summed E-state index contributed by atoms with van der Waals surface area (Å²) in [6.07, 6.45) is 1.23. The highest BCUT2D eigenvalue weighted by Crippen LogP contribution is 2.13. The molecule has 9 heteroatoms. The molecule has 8 nitrogen and oxygen atoms in total. The Balaban J connectivity index is 2.67. The molecule has 0 fully saturated rings. The van der Waals surface area contributed by atoms with Crippen molar-refractivity contribution in [2.75, 3.05) is 6.67 Å². The summed E-state index contributed by atoms with van der Waals surface area (Å²) in [5.41, 5.74) is 5.67. The number of hydrogen-bond acceptors (Lipinski definition) is 5. The van der Waals surface area contributed by atoms with E-state index in [1.165, 1.54) is 10.9 Å². The molecule has 19 heavy (non-hydrogen) atoms. The number of carboxylic acids is 2. The third kappa shape index (κ3) is 4.62. The largest absolute Gasteiger partial charge is 0.481 e. The Morgan fingerprint density at radius 1 is 1.42 bits per heavy atom. The Kier molecular flexibility index (Phi) is 5.37. The number of rotatable bonds is 8. The minimum Gasteiger partial charge on any atom is -0.481 e. The van der Waals surface area contributed by atoms with Crippen molar-refractivity contribution < 1.29 is 24.2 Å². The maximum atomic E-state index is 12.1. The van der Waals surface area contributed by atoms with Crippen molar-refractivity contribution in [3.05, 3.63) is 11.9 Å². The lowest BCUT2D eigenvalue weighted by Gasteiger charge is -2.13. The fourth-order valence-corrected chi connectivity index (χ4v) is 1.56. The summed E-state index contributed by atoms with van der Waals surface area (Å²) >= 11 is 0. The first-order valence-electron chi connectivity index (χ1n) is 5.60. The van der Waals surface area contributed by atoms with Crippen LogP contribution in [-0.4, -0.2) is 49.9 Å². The van der Waals surface area contributed by atoms with Crippen LogP contribution in [0.4, 0.5) is 4.39 Å². The number of halogens is 1. The molecule has 1 aromatic rings. The number of aliphatic carboxylic acids is 2. The zero-order valence-corrected chi connectivity index (χ0v) is 10.1. The molecule has 0 aliphatic rings. The minimum atomic E-state index is -1.26. The van der Waals surface area contributed by atoms with E-state index in [1.807, 2.05) is 0 Å². The molecule has 1 rings (SSSR count). The summed E-state index contributed by atoms with van der Waals surface area (Å²) in [6, 6.07) is -1.25. The molecule has 1 heterocycles. The third-order valence-corrected chi connectivity index (χ3v) is 2.56. The van der Waals surface area contributed by atoms with Crippen LogP contribution in [0.3, 0.4) is 0 Å². The molecule has 0 aliphatic heterocycles. The van der Waals surface area contributed by atoms with Gasteiger partial charge < -0.3 is 15.9 Å². The van der Waals surface area contributed by atoms with E-state index in [4.69, 9.17) is 15.9 Å². The van der Waals surface area contributed by atoms with E-state index in [-0.39, 0.29) is 19.4 Å². The first-order chi connectivity index (χ1) is 8.93. The molecule has 0 spiro atoms. The Bertz CT molecular complexity index is 450. The predicted molar refractivity (Wildman–Crippen MR) is 61.1 cm³/mol. The van der Waals surface area contributed by atoms with Gasteiger partial charge in [0.2, 0.25) is 0 Å². The predicted octanol–water partition coefficient (Wildman–Crippen LogP) is -0.707. The zero-order chi connectivity index (χ0) is 14.4. The second-order valence-electron chi connectivity index (χ2n) is 4.08. The number of hydrogen-bond donors (Lipinski definition) is 3. The lowest BCUT2D eigenvalue weighted by Crippen LogP contribution is -2.35. The quantitative estimate of drug-likeness (QED) is 0.570. The van der Waals surface area contributed by atoms with E-state index in [9.17, 15) is 14.0 Å². The Labute approximate surface area is 108 Å². The molecule has 106 valence electrons. The fraction of sp³-hybridized carbons (Fsp3) is 0.600. The van der Waals surface area contributed by atoms with Crippen molar-refractivity contribution in [3.63, 3.8) is 0 Å². The van der Waals surface area contributed by atoms with Gasteiger partial charge >= 0.3 is 11.9 Å². The van der Waals surface area contributed by atoms with Crippen molar-refractivity contribution >= 4 is 11.9 Å². The van der Waals surface area contributed by atoms with E-state index in [1.54, 1.807) is 0 Å². The molecule has 0 unspecified atom stereocenters. The summed E-state index contributed by atoms with van der Waals surface area (Å²) < 4.78 is 13.3. The first kappa shape index (κ1) is 15.0. The molecule has 0 bridgehead atoms. The van der Waals surface area contributed by atoms with E-state index in [2.05, 4.69) is 10.3 Å². The number of nitrogens with two attached hydrogens (primary N) is 1. The monoisotopic (exact) mass is 274 g/mol. The lowest BCUT2D eigenvalue weighted by atomic mass is 9.96. The Morgan fingerprint density at radius 2 is 2.11 bits per heavy atom. The lowest BCUT2D eigenvalue weighted by molar-refractivity contribution is -0.143. The van der Waals surface area contributed by atoms with Crippen molar-refractivity contribution in [1.29, 1.82) is 0 Å². The van der Waals surface area contributed by atoms with Gasteiger partial charge in [0.1, 0.15) is 12.7 Å². The Hall–Kier alpha value is -2.03. The van der Waals surface area contributed by atoms with Crippen LogP contribution in [0.1, 0.15) is 12.1 Å². The van der Waals surface area contributed by atoms with Crippen LogP contribution in [0.5, 0.6) is 0 Å². The van der Waals surface area contributed by atoms with Gasteiger partial charge in [-0.05, 0) is 6.42 Å². The van der Waals surface area contributed by atoms with Crippen LogP contribution in [0, 0.1) is 5.92 Å². The van der Waals surface area contributed by atoms with Gasteiger partial charge in [0, 0.05) is 12.6 Å². The van der Waals surface area contributed by atoms with E-state index < -0.39 is 30.6 Å². The molecule has 1 aromatic heterocycles. The van der Waals surface area contributed by atoms with Gasteiger partial charge in [-0.3, -0.25) is 9.59 Å². The Morgan fingerprint density at radius 3 is 2.63 bits per heavy atom. The number of nitrogens with zero attached hydrogens (tertiary/aromatic N) is 3. The van der Waals surface area contributed by atoms with Gasteiger partial charge in [-0.15, -0.1) is 5.10 Å². The number of aryl methyl sites for hydroxylation is 1. The standard InChI is InChI=1S/C10H15FN4O4/c11-1-2-15-5-7(13-14-15)3-6(9(16)17)4-8(12)10(18)19/h5-6,8H,1-4,12H2,(H,16,17)(H,18,19)/t6-,8-/m0/s1. The molecular formula is C10H15FN4O4. The van der Waals surface area contributed by atoms with Crippen LogP contribution in [-0.2, 0) is 22.6 Å². The molecule has 0 aliphatic carbocycles. The third-order valence-electron chi connectivity index (χ3n) is 2.56. The number of alkyl halides is 1. The summed E-state index contributed by atoms with van der Waals surface area (Å²) in [5, 5.41) is 25.0. The average molecular weight is 274 g/mol. The summed E-state index contributed by atoms with van der Waals surface area (Å²) in [6.45, 7) is -0.561. The normalized spacial score (nSPS) is 14.0. The van der Waals surface area contributed by atoms with E-state index >= 15 is 0 Å². The molecule has 4 N–H and O–H groups in total. The highest BCUT2D eigenvalue weighted by Gasteiger charge is 2.25. The molecule has 0 aromatic carbocycles. The molecule has 0 saturated heterocycles. The van der Waals surface area contributed by atoms with Crippen LogP contribution in [0.2, 0.25) is 0 Å². The maximum absolute atomic E-state index is 12.1. The zero-order valence-electron chi connectivity index (χ0n) is 10.1. The number of carbonyl (C=O) groups is 2. The fourth-order valence-electron chi connectivity index (χ4n) is 1.56. The number of aromatic nitrogens is 3.